The quantitative estimate of drug-likeness (QED) is 0.817. The van der Waals surface area contributed by atoms with E-state index in [1.165, 1.54) is 0 Å². The molecule has 0 aromatic heterocycles. The van der Waals surface area contributed by atoms with Crippen LogP contribution in [0.1, 0.15) is 41.8 Å². The number of hydrogen-bond acceptors (Lipinski definition) is 3. The summed E-state index contributed by atoms with van der Waals surface area (Å²) in [5.41, 5.74) is 3.85. The molecule has 29 heavy (non-hydrogen) atoms. The lowest BCUT2D eigenvalue weighted by Gasteiger charge is -2.20. The first-order valence-electron chi connectivity index (χ1n) is 9.85. The van der Waals surface area contributed by atoms with Gasteiger partial charge in [0.1, 0.15) is 0 Å². The van der Waals surface area contributed by atoms with Crippen LogP contribution in [0.4, 0.5) is 11.4 Å². The van der Waals surface area contributed by atoms with Crippen LogP contribution in [0, 0.1) is 19.8 Å². The number of amides is 3. The van der Waals surface area contributed by atoms with Crippen LogP contribution in [0.25, 0.3) is 0 Å². The van der Waals surface area contributed by atoms with E-state index in [9.17, 15) is 14.4 Å². The maximum Gasteiger partial charge on any atom is 0.253 e. The summed E-state index contributed by atoms with van der Waals surface area (Å²) in [7, 11) is 0. The Kier molecular flexibility index (Phi) is 6.01. The van der Waals surface area contributed by atoms with Gasteiger partial charge in [-0.3, -0.25) is 14.4 Å². The van der Waals surface area contributed by atoms with Crippen LogP contribution in [0.2, 0.25) is 0 Å². The molecule has 0 spiro atoms. The number of carbonyl (C=O) groups is 3. The molecular formula is C23H27N3O3. The van der Waals surface area contributed by atoms with Crippen molar-refractivity contribution in [1.29, 1.82) is 0 Å². The molecule has 0 unspecified atom stereocenters. The minimum Gasteiger partial charge on any atom is -0.350 e. The zero-order valence-corrected chi connectivity index (χ0v) is 17.3. The van der Waals surface area contributed by atoms with Crippen LogP contribution < -0.4 is 15.5 Å². The molecule has 152 valence electrons. The van der Waals surface area contributed by atoms with E-state index >= 15 is 0 Å². The summed E-state index contributed by atoms with van der Waals surface area (Å²) < 4.78 is 0. The maximum atomic E-state index is 12.9. The third-order valence-electron chi connectivity index (χ3n) is 5.21. The lowest BCUT2D eigenvalue weighted by molar-refractivity contribution is -0.122. The summed E-state index contributed by atoms with van der Waals surface area (Å²) in [6.45, 7) is 8.07. The van der Waals surface area contributed by atoms with Crippen molar-refractivity contribution in [3.8, 4) is 0 Å². The summed E-state index contributed by atoms with van der Waals surface area (Å²) in [5, 5.41) is 5.68. The molecule has 2 aromatic carbocycles. The fraction of sp³-hybridized carbons (Fsp3) is 0.348. The molecular weight excluding hydrogens is 366 g/mol. The Hall–Kier alpha value is -3.15. The molecule has 1 aliphatic heterocycles. The van der Waals surface area contributed by atoms with Crippen molar-refractivity contribution in [3.63, 3.8) is 0 Å². The van der Waals surface area contributed by atoms with Crippen LogP contribution in [0.15, 0.2) is 42.5 Å². The van der Waals surface area contributed by atoms with Crippen molar-refractivity contribution in [2.24, 2.45) is 5.92 Å². The average molecular weight is 393 g/mol. The van der Waals surface area contributed by atoms with Gasteiger partial charge in [-0.05, 0) is 57.0 Å². The van der Waals surface area contributed by atoms with Crippen LogP contribution >= 0.6 is 0 Å². The zero-order chi connectivity index (χ0) is 21.1. The lowest BCUT2D eigenvalue weighted by Crippen LogP contribution is -2.32. The highest BCUT2D eigenvalue weighted by Gasteiger charge is 2.36. The predicted octanol–water partition coefficient (Wildman–Crippen LogP) is 3.43. The Morgan fingerprint density at radius 1 is 1.07 bits per heavy atom. The molecule has 1 fully saturated rings. The largest absolute Gasteiger partial charge is 0.350 e. The second-order valence-corrected chi connectivity index (χ2v) is 7.79. The molecule has 0 aliphatic carbocycles. The van der Waals surface area contributed by atoms with Crippen LogP contribution in [0.3, 0.4) is 0 Å². The first kappa shape index (κ1) is 20.6. The smallest absolute Gasteiger partial charge is 0.253 e. The summed E-state index contributed by atoms with van der Waals surface area (Å²) in [6, 6.07) is 12.7. The van der Waals surface area contributed by atoms with Crippen molar-refractivity contribution in [3.05, 3.63) is 59.2 Å². The normalized spacial score (nSPS) is 16.2. The van der Waals surface area contributed by atoms with E-state index in [1.807, 2.05) is 45.9 Å². The van der Waals surface area contributed by atoms with Gasteiger partial charge in [0.2, 0.25) is 11.8 Å². The van der Waals surface area contributed by atoms with Gasteiger partial charge >= 0.3 is 0 Å². The molecule has 6 nitrogen and oxygen atoms in total. The minimum atomic E-state index is -0.469. The number of carbonyl (C=O) groups excluding carboxylic acids is 3. The number of para-hydroxylation sites is 1. The summed E-state index contributed by atoms with van der Waals surface area (Å²) >= 11 is 0. The van der Waals surface area contributed by atoms with Crippen LogP contribution in [-0.4, -0.2) is 30.3 Å². The van der Waals surface area contributed by atoms with Gasteiger partial charge in [-0.2, -0.15) is 0 Å². The third-order valence-corrected chi connectivity index (χ3v) is 5.21. The highest BCUT2D eigenvalue weighted by molar-refractivity contribution is 6.07. The number of aryl methyl sites for hydroxylation is 1. The number of hydrogen-bond donors (Lipinski definition) is 2. The van der Waals surface area contributed by atoms with Gasteiger partial charge < -0.3 is 15.5 Å². The molecule has 2 aromatic rings. The summed E-state index contributed by atoms with van der Waals surface area (Å²) in [5.74, 6) is -1.03. The van der Waals surface area contributed by atoms with Crippen molar-refractivity contribution >= 4 is 29.1 Å². The van der Waals surface area contributed by atoms with E-state index in [0.29, 0.717) is 17.8 Å². The standard InChI is InChI=1S/C23H27N3O3/c1-14(2)24-23(29)18-9-5-6-10-19(18)25-22(28)17-12-21(27)26(13-17)20-11-7-8-15(3)16(20)4/h5-11,14,17H,12-13H2,1-4H3,(H,24,29)(H,25,28)/t17-/m1/s1. The van der Waals surface area contributed by atoms with Gasteiger partial charge in [-0.15, -0.1) is 0 Å². The van der Waals surface area contributed by atoms with E-state index in [4.69, 9.17) is 0 Å². The van der Waals surface area contributed by atoms with E-state index in [-0.39, 0.29) is 30.2 Å². The summed E-state index contributed by atoms with van der Waals surface area (Å²) in [6.07, 6.45) is 0.152. The first-order chi connectivity index (χ1) is 13.8. The van der Waals surface area contributed by atoms with Crippen LogP contribution in [-0.2, 0) is 9.59 Å². The minimum absolute atomic E-state index is 0.00941. The van der Waals surface area contributed by atoms with Gasteiger partial charge in [0.25, 0.3) is 5.91 Å². The van der Waals surface area contributed by atoms with E-state index < -0.39 is 5.92 Å². The second-order valence-electron chi connectivity index (χ2n) is 7.79. The van der Waals surface area contributed by atoms with E-state index in [0.717, 1.165) is 16.8 Å². The van der Waals surface area contributed by atoms with Crippen molar-refractivity contribution in [2.45, 2.75) is 40.2 Å². The highest BCUT2D eigenvalue weighted by Crippen LogP contribution is 2.30. The van der Waals surface area contributed by atoms with Gasteiger partial charge in [0, 0.05) is 24.7 Å². The Bertz CT molecular complexity index is 952. The molecule has 6 heteroatoms. The molecule has 1 aliphatic rings. The van der Waals surface area contributed by atoms with E-state index in [1.54, 1.807) is 29.2 Å². The molecule has 0 radical (unpaired) electrons. The monoisotopic (exact) mass is 393 g/mol. The van der Waals surface area contributed by atoms with Gasteiger partial charge in [-0.1, -0.05) is 24.3 Å². The SMILES string of the molecule is Cc1cccc(N2C[C@H](C(=O)Nc3ccccc3C(=O)NC(C)C)CC2=O)c1C. The van der Waals surface area contributed by atoms with E-state index in [2.05, 4.69) is 10.6 Å². The van der Waals surface area contributed by atoms with Crippen molar-refractivity contribution in [1.82, 2.24) is 5.32 Å². The number of nitrogens with zero attached hydrogens (tertiary/aromatic N) is 1. The molecule has 0 saturated carbocycles. The molecule has 3 rings (SSSR count). The summed E-state index contributed by atoms with van der Waals surface area (Å²) in [4.78, 5) is 39.5. The zero-order valence-electron chi connectivity index (χ0n) is 17.3. The average Bonchev–Trinajstić information content (AvgIpc) is 3.05. The topological polar surface area (TPSA) is 78.5 Å². The number of benzene rings is 2. The Balaban J connectivity index is 1.75. The van der Waals surface area contributed by atoms with Crippen molar-refractivity contribution in [2.75, 3.05) is 16.8 Å². The van der Waals surface area contributed by atoms with Crippen LogP contribution in [0.5, 0.6) is 0 Å². The van der Waals surface area contributed by atoms with Gasteiger partial charge in [0.05, 0.1) is 17.2 Å². The molecule has 1 saturated heterocycles. The molecule has 3 amide bonds. The molecule has 1 atom stereocenters. The Morgan fingerprint density at radius 3 is 2.52 bits per heavy atom. The number of nitrogens with one attached hydrogen (secondary N) is 2. The second kappa shape index (κ2) is 8.47. The molecule has 0 bridgehead atoms. The van der Waals surface area contributed by atoms with Gasteiger partial charge in [-0.25, -0.2) is 0 Å². The fourth-order valence-electron chi connectivity index (χ4n) is 3.51. The Labute approximate surface area is 171 Å². The lowest BCUT2D eigenvalue weighted by atomic mass is 10.1. The van der Waals surface area contributed by atoms with Gasteiger partial charge in [0.15, 0.2) is 0 Å². The number of rotatable bonds is 5. The number of anilines is 2. The first-order valence-corrected chi connectivity index (χ1v) is 9.85. The predicted molar refractivity (Wildman–Crippen MR) is 114 cm³/mol. The molecule has 2 N–H and O–H groups in total. The highest BCUT2D eigenvalue weighted by atomic mass is 16.2. The fourth-order valence-corrected chi connectivity index (χ4v) is 3.51. The Morgan fingerprint density at radius 2 is 1.79 bits per heavy atom. The maximum absolute atomic E-state index is 12.9. The van der Waals surface area contributed by atoms with Crippen molar-refractivity contribution < 1.29 is 14.4 Å². The third kappa shape index (κ3) is 4.47. The molecule has 1 heterocycles.